The molecule has 12 heavy (non-hydrogen) atoms. The number of nitrogens with two attached hydrogens (primary N) is 1. The minimum Gasteiger partial charge on any atom is -0.358 e. The molecule has 0 bridgehead atoms. The smallest absolute Gasteiger partial charge is 0.358 e. The van der Waals surface area contributed by atoms with Gasteiger partial charge in [-0.3, -0.25) is 0 Å². The highest BCUT2D eigenvalue weighted by Gasteiger charge is 2.08. The lowest BCUT2D eigenvalue weighted by Gasteiger charge is -1.88. The van der Waals surface area contributed by atoms with Crippen LogP contribution in [0, 0.1) is 10.1 Å². The molecule has 1 aromatic rings. The summed E-state index contributed by atoms with van der Waals surface area (Å²) in [7, 11) is 0. The molecule has 6 nitrogen and oxygen atoms in total. The average Bonchev–Trinajstić information content (AvgIpc) is 2.49. The average molecular weight is 197 g/mol. The normalized spacial score (nSPS) is 16.4. The Morgan fingerprint density at radius 3 is 3.00 bits per heavy atom. The molecular weight excluding hydrogens is 184 g/mol. The number of nitrogens with zero attached hydrogens (tertiary/aromatic N) is 3. The van der Waals surface area contributed by atoms with Crippen molar-refractivity contribution < 1.29 is 10.4 Å². The first-order valence-corrected chi connectivity index (χ1v) is 2.65. The summed E-state index contributed by atoms with van der Waals surface area (Å²) in [5.74, 6) is -0.567. The number of hydrogen-bond acceptors (Lipinski definition) is 4. The maximum absolute atomic E-state index is 10.3. The third kappa shape index (κ3) is 2.48. The Labute approximate surface area is 80.5 Å². The summed E-state index contributed by atoms with van der Waals surface area (Å²) in [6.45, 7) is -5.34. The number of halogens is 1. The second-order valence-corrected chi connectivity index (χ2v) is 1.63. The van der Waals surface area contributed by atoms with E-state index in [1.165, 1.54) is 0 Å². The summed E-state index contributed by atoms with van der Waals surface area (Å²) in [5.41, 5.74) is 4.96. The topological polar surface area (TPSA) is 87.0 Å². The van der Waals surface area contributed by atoms with E-state index in [0.29, 0.717) is 4.68 Å². The first kappa shape index (κ1) is 5.50. The number of hydrogen-bond donors (Lipinski definition) is 1. The molecule has 1 aromatic heterocycles. The van der Waals surface area contributed by atoms with Crippen LogP contribution in [0.1, 0.15) is 5.48 Å². The summed E-state index contributed by atoms with van der Waals surface area (Å²) >= 11 is 0. The summed E-state index contributed by atoms with van der Waals surface area (Å²) in [6.07, 6.45) is 0.961. The highest BCUT2D eigenvalue weighted by atomic mass is 35.5. The maximum atomic E-state index is 10.3. The van der Waals surface area contributed by atoms with Crippen molar-refractivity contribution in [1.29, 1.82) is 0 Å². The van der Waals surface area contributed by atoms with Crippen LogP contribution < -0.4 is 5.73 Å². The van der Waals surface area contributed by atoms with E-state index in [1.54, 1.807) is 0 Å². The van der Waals surface area contributed by atoms with Crippen LogP contribution in [-0.4, -0.2) is 21.2 Å². The molecule has 0 spiro atoms. The van der Waals surface area contributed by atoms with E-state index in [2.05, 4.69) is 5.10 Å². The lowest BCUT2D eigenvalue weighted by atomic mass is 10.6. The lowest BCUT2D eigenvalue weighted by molar-refractivity contribution is -0.389. The molecule has 0 saturated heterocycles. The van der Waals surface area contributed by atoms with E-state index in [-0.39, 0.29) is 12.4 Å². The van der Waals surface area contributed by atoms with Crippen molar-refractivity contribution >= 4 is 18.2 Å². The first-order valence-electron chi connectivity index (χ1n) is 4.65. The van der Waals surface area contributed by atoms with E-state index in [0.717, 1.165) is 12.3 Å². The van der Waals surface area contributed by atoms with Crippen molar-refractivity contribution in [3.8, 4) is 0 Å². The fourth-order valence-corrected chi connectivity index (χ4v) is 0.540. The van der Waals surface area contributed by atoms with Crippen LogP contribution >= 0.6 is 12.4 Å². The third-order valence-corrected chi connectivity index (χ3v) is 0.941. The van der Waals surface area contributed by atoms with Crippen LogP contribution in [0.15, 0.2) is 12.3 Å². The van der Waals surface area contributed by atoms with Gasteiger partial charge < -0.3 is 15.8 Å². The Morgan fingerprint density at radius 1 is 1.92 bits per heavy atom. The van der Waals surface area contributed by atoms with Crippen molar-refractivity contribution in [2.45, 2.75) is 6.50 Å². The zero-order valence-electron chi connectivity index (χ0n) is 9.80. The predicted molar refractivity (Wildman–Crippen MR) is 45.2 cm³/mol. The summed E-state index contributed by atoms with van der Waals surface area (Å²) in [5, 5.41) is 13.5. The molecular formula is C5H9ClN4O2. The molecule has 0 saturated carbocycles. The molecule has 0 unspecified atom stereocenters. The van der Waals surface area contributed by atoms with Crippen molar-refractivity contribution in [1.82, 2.24) is 9.78 Å². The Morgan fingerprint density at radius 2 is 2.58 bits per heavy atom. The number of aryl methyl sites for hydroxylation is 1. The van der Waals surface area contributed by atoms with Crippen LogP contribution in [-0.2, 0) is 6.50 Å². The van der Waals surface area contributed by atoms with Gasteiger partial charge in [0.1, 0.15) is 0 Å². The van der Waals surface area contributed by atoms with Gasteiger partial charge >= 0.3 is 5.82 Å². The lowest BCUT2D eigenvalue weighted by Crippen LogP contribution is -2.10. The monoisotopic (exact) mass is 196 g/mol. The van der Waals surface area contributed by atoms with E-state index in [9.17, 15) is 10.1 Å². The fraction of sp³-hybridized carbons (Fsp3) is 0.400. The molecule has 68 valence electrons. The maximum Gasteiger partial charge on any atom is 0.389 e. The van der Waals surface area contributed by atoms with E-state index in [4.69, 9.17) is 11.2 Å². The van der Waals surface area contributed by atoms with Crippen molar-refractivity contribution in [3.05, 3.63) is 22.4 Å². The summed E-state index contributed by atoms with van der Waals surface area (Å²) in [6, 6.07) is 0.962. The highest BCUT2D eigenvalue weighted by Crippen LogP contribution is 2.04. The highest BCUT2D eigenvalue weighted by molar-refractivity contribution is 5.85. The Bertz CT molecular complexity index is 390. The Kier molecular flexibility index (Phi) is 2.14. The second kappa shape index (κ2) is 4.68. The van der Waals surface area contributed by atoms with Crippen LogP contribution in [0.2, 0.25) is 0 Å². The van der Waals surface area contributed by atoms with E-state index in [1.807, 2.05) is 0 Å². The Hall–Kier alpha value is -1.14. The molecule has 0 aliphatic heterocycles. The fourth-order valence-electron chi connectivity index (χ4n) is 0.540. The summed E-state index contributed by atoms with van der Waals surface area (Å²) < 4.78 is 29.2. The van der Waals surface area contributed by atoms with Crippen molar-refractivity contribution in [2.75, 3.05) is 6.50 Å². The van der Waals surface area contributed by atoms with E-state index < -0.39 is 23.7 Å². The standard InChI is InChI=1S/C5H8N4O2.ClH/c6-2-4-8-3-1-5(7-8)9(10)11;/h1,3H,2,4,6H2;1H/i2D2,4D2;. The zero-order chi connectivity index (χ0) is 11.9. The van der Waals surface area contributed by atoms with Gasteiger partial charge in [-0.15, -0.1) is 12.4 Å². The number of nitro groups is 1. The quantitative estimate of drug-likeness (QED) is 0.552. The Balaban J connectivity index is 0.00000225. The van der Waals surface area contributed by atoms with Gasteiger partial charge in [0.15, 0.2) is 0 Å². The van der Waals surface area contributed by atoms with Crippen LogP contribution in [0.3, 0.4) is 0 Å². The number of aromatic nitrogens is 2. The van der Waals surface area contributed by atoms with E-state index >= 15 is 0 Å². The van der Waals surface area contributed by atoms with Gasteiger partial charge in [-0.05, 0) is 4.92 Å². The molecule has 7 heteroatoms. The van der Waals surface area contributed by atoms with Crippen LogP contribution in [0.5, 0.6) is 0 Å². The van der Waals surface area contributed by atoms with Gasteiger partial charge in [0, 0.05) is 9.24 Å². The van der Waals surface area contributed by atoms with Gasteiger partial charge in [-0.2, -0.15) is 4.68 Å². The van der Waals surface area contributed by atoms with Crippen molar-refractivity contribution in [2.24, 2.45) is 5.73 Å². The molecule has 0 aliphatic rings. The van der Waals surface area contributed by atoms with Crippen molar-refractivity contribution in [3.63, 3.8) is 0 Å². The predicted octanol–water partition coefficient (Wildman–Crippen LogP) is 0.172. The molecule has 1 heterocycles. The van der Waals surface area contributed by atoms with Gasteiger partial charge in [-0.25, -0.2) is 0 Å². The minimum atomic E-state index is -2.69. The number of rotatable bonds is 3. The van der Waals surface area contributed by atoms with Gasteiger partial charge in [0.05, 0.1) is 26.6 Å². The van der Waals surface area contributed by atoms with Crippen LogP contribution in [0.25, 0.3) is 0 Å². The minimum absolute atomic E-state index is 0. The first-order chi connectivity index (χ1) is 6.66. The van der Waals surface area contributed by atoms with Crippen LogP contribution in [0.4, 0.5) is 5.82 Å². The SMILES string of the molecule is Cl.[2H]C([2H])(N)C([2H])([2H])n1ccc([N+](=O)[O-])n1. The largest absolute Gasteiger partial charge is 0.389 e. The summed E-state index contributed by atoms with van der Waals surface area (Å²) in [4.78, 5) is 9.47. The molecule has 0 aromatic carbocycles. The zero-order valence-corrected chi connectivity index (χ0v) is 6.61. The molecule has 1 rings (SSSR count). The molecule has 0 atom stereocenters. The molecule has 2 N–H and O–H groups in total. The third-order valence-electron chi connectivity index (χ3n) is 0.941. The molecule has 0 amide bonds. The van der Waals surface area contributed by atoms with Gasteiger partial charge in [-0.1, -0.05) is 0 Å². The molecule has 0 radical (unpaired) electrons. The van der Waals surface area contributed by atoms with Gasteiger partial charge in [0.2, 0.25) is 0 Å². The van der Waals surface area contributed by atoms with Gasteiger partial charge in [0.25, 0.3) is 0 Å². The molecule has 0 aliphatic carbocycles. The second-order valence-electron chi connectivity index (χ2n) is 1.63. The molecule has 0 fully saturated rings.